The predicted octanol–water partition coefficient (Wildman–Crippen LogP) is 8.95. The first-order valence-electron chi connectivity index (χ1n) is 19.4. The monoisotopic (exact) mass is 820 g/mol. The molecule has 286 valence electrons. The van der Waals surface area contributed by atoms with E-state index in [1.165, 1.54) is 0 Å². The number of nitrogens with zero attached hydrogens (tertiary/aromatic N) is 5. The summed E-state index contributed by atoms with van der Waals surface area (Å²) in [5, 5.41) is 8.39. The fraction of sp³-hybridized carbons (Fsp3) is 0.239. The minimum atomic E-state index is -0.981. The number of halogens is 1. The number of oxime groups is 1. The van der Waals surface area contributed by atoms with Crippen molar-refractivity contribution in [2.24, 2.45) is 11.1 Å². The van der Waals surface area contributed by atoms with E-state index >= 15 is 0 Å². The van der Waals surface area contributed by atoms with E-state index in [2.05, 4.69) is 77.6 Å². The van der Waals surface area contributed by atoms with Crippen LogP contribution in [0.3, 0.4) is 0 Å². The zero-order valence-electron chi connectivity index (χ0n) is 31.7. The summed E-state index contributed by atoms with van der Waals surface area (Å²) in [6.07, 6.45) is 1.47. The molecular formula is C46H41BrN6O4. The van der Waals surface area contributed by atoms with Gasteiger partial charge in [0.2, 0.25) is 0 Å². The molecule has 0 spiro atoms. The van der Waals surface area contributed by atoms with Gasteiger partial charge in [0.1, 0.15) is 30.0 Å². The van der Waals surface area contributed by atoms with Gasteiger partial charge in [-0.05, 0) is 70.5 Å². The van der Waals surface area contributed by atoms with Crippen molar-refractivity contribution in [1.29, 1.82) is 0 Å². The number of piperazine rings is 1. The molecular weight excluding hydrogens is 780 g/mol. The molecule has 3 heterocycles. The van der Waals surface area contributed by atoms with E-state index in [9.17, 15) is 9.59 Å². The van der Waals surface area contributed by atoms with Gasteiger partial charge in [0, 0.05) is 59.3 Å². The zero-order valence-corrected chi connectivity index (χ0v) is 33.3. The Morgan fingerprint density at radius 3 is 2.14 bits per heavy atom. The molecule has 1 aliphatic heterocycles. The molecule has 2 aromatic heterocycles. The third-order valence-corrected chi connectivity index (χ3v) is 11.5. The minimum Gasteiger partial charge on any atom is -0.449 e. The van der Waals surface area contributed by atoms with Crippen molar-refractivity contribution in [2.45, 2.75) is 32.2 Å². The first kappa shape index (κ1) is 36.6. The van der Waals surface area contributed by atoms with Gasteiger partial charge in [-0.15, -0.1) is 0 Å². The van der Waals surface area contributed by atoms with Crippen molar-refractivity contribution in [1.82, 2.24) is 15.3 Å². The molecule has 9 rings (SSSR count). The van der Waals surface area contributed by atoms with Crippen LogP contribution in [0.1, 0.15) is 48.4 Å². The maximum atomic E-state index is 14.0. The molecule has 57 heavy (non-hydrogen) atoms. The van der Waals surface area contributed by atoms with Gasteiger partial charge in [0.25, 0.3) is 0 Å². The Balaban J connectivity index is 0.993. The lowest BCUT2D eigenvalue weighted by atomic mass is 9.98. The maximum Gasteiger partial charge on any atom is 0.407 e. The highest BCUT2D eigenvalue weighted by Crippen LogP contribution is 2.47. The molecule has 2 aliphatic carbocycles. The second kappa shape index (κ2) is 15.5. The highest BCUT2D eigenvalue weighted by Gasteiger charge is 2.35. The van der Waals surface area contributed by atoms with Crippen LogP contribution in [0.4, 0.5) is 16.4 Å². The number of amides is 1. The Morgan fingerprint density at radius 2 is 1.46 bits per heavy atom. The smallest absolute Gasteiger partial charge is 0.407 e. The van der Waals surface area contributed by atoms with Crippen LogP contribution in [0.25, 0.3) is 33.2 Å². The number of rotatable bonds is 9. The number of fused-ring (bicyclic) bond motifs is 8. The average Bonchev–Trinajstić information content (AvgIpc) is 3.74. The van der Waals surface area contributed by atoms with Gasteiger partial charge in [-0.25, -0.2) is 19.6 Å². The van der Waals surface area contributed by atoms with Gasteiger partial charge in [0.05, 0.1) is 11.1 Å². The summed E-state index contributed by atoms with van der Waals surface area (Å²) in [6.45, 7) is 7.06. The predicted molar refractivity (Wildman–Crippen MR) is 227 cm³/mol. The number of carbonyl (C=O) groups excluding carboxylic acids is 2. The number of hydrogen-bond donors (Lipinski definition) is 1. The normalized spacial score (nSPS) is 15.6. The standard InChI is InChI=1S/C46H41BrN6O4/c1-28(2)25-39(50-46(55)56-27-37-32-13-5-3-11-30(32)31-12-4-6-14-33(31)37)45(54)57-51-43-35-16-8-7-15-34(35)41-36-26-29(47)18-19-38(36)49-44(42(41)43)53-23-21-52(22-24-53)40-17-9-10-20-48-40/h3-20,26,28,37,39H,21-25,27H2,1-2H3,(H,50,55)/b51-43+. The van der Waals surface area contributed by atoms with E-state index in [-0.39, 0.29) is 18.4 Å². The van der Waals surface area contributed by atoms with Crippen LogP contribution < -0.4 is 15.1 Å². The second-order valence-corrected chi connectivity index (χ2v) is 16.0. The number of ether oxygens (including phenoxy) is 1. The Morgan fingerprint density at radius 1 is 0.807 bits per heavy atom. The van der Waals surface area contributed by atoms with Gasteiger partial charge in [0.15, 0.2) is 0 Å². The fourth-order valence-electron chi connectivity index (χ4n) is 8.40. The Hall–Kier alpha value is -6.07. The van der Waals surface area contributed by atoms with Gasteiger partial charge < -0.3 is 24.7 Å². The van der Waals surface area contributed by atoms with Crippen molar-refractivity contribution in [2.75, 3.05) is 42.6 Å². The molecule has 1 N–H and O–H groups in total. The summed E-state index contributed by atoms with van der Waals surface area (Å²) in [5.74, 6) is 1.02. The molecule has 1 amide bonds. The molecule has 1 atom stereocenters. The second-order valence-electron chi connectivity index (χ2n) is 15.1. The number of pyridine rings is 2. The molecule has 3 aliphatic rings. The Labute approximate surface area is 339 Å². The first-order valence-corrected chi connectivity index (χ1v) is 20.2. The lowest BCUT2D eigenvalue weighted by Gasteiger charge is -2.37. The highest BCUT2D eigenvalue weighted by molar-refractivity contribution is 9.10. The largest absolute Gasteiger partial charge is 0.449 e. The number of nitrogens with one attached hydrogen (secondary N) is 1. The lowest BCUT2D eigenvalue weighted by Crippen LogP contribution is -2.47. The van der Waals surface area contributed by atoms with Crippen LogP contribution in [-0.4, -0.2) is 66.6 Å². The van der Waals surface area contributed by atoms with Gasteiger partial charge >= 0.3 is 12.1 Å². The summed E-state index contributed by atoms with van der Waals surface area (Å²) < 4.78 is 6.75. The zero-order chi connectivity index (χ0) is 39.0. The quantitative estimate of drug-likeness (QED) is 0.114. The highest BCUT2D eigenvalue weighted by atomic mass is 79.9. The van der Waals surface area contributed by atoms with Gasteiger partial charge in [-0.2, -0.15) is 0 Å². The Kier molecular flexibility index (Phi) is 9.92. The third-order valence-electron chi connectivity index (χ3n) is 11.0. The molecule has 0 radical (unpaired) electrons. The molecule has 6 aromatic rings. The molecule has 4 aromatic carbocycles. The summed E-state index contributed by atoms with van der Waals surface area (Å²) in [4.78, 5) is 47.5. The van der Waals surface area contributed by atoms with Crippen molar-refractivity contribution in [3.63, 3.8) is 0 Å². The van der Waals surface area contributed by atoms with E-state index in [1.54, 1.807) is 0 Å². The van der Waals surface area contributed by atoms with Crippen molar-refractivity contribution in [3.05, 3.63) is 142 Å². The van der Waals surface area contributed by atoms with Crippen LogP contribution in [0, 0.1) is 5.92 Å². The van der Waals surface area contributed by atoms with Gasteiger partial charge in [-0.1, -0.05) is 114 Å². The molecule has 1 saturated heterocycles. The van der Waals surface area contributed by atoms with Gasteiger partial charge in [-0.3, -0.25) is 0 Å². The van der Waals surface area contributed by atoms with Crippen LogP contribution in [-0.2, 0) is 14.4 Å². The van der Waals surface area contributed by atoms with Crippen molar-refractivity contribution >= 4 is 56.2 Å². The molecule has 10 nitrogen and oxygen atoms in total. The molecule has 0 saturated carbocycles. The molecule has 0 bridgehead atoms. The molecule has 11 heteroatoms. The average molecular weight is 822 g/mol. The van der Waals surface area contributed by atoms with E-state index in [1.807, 2.05) is 92.8 Å². The number of aromatic nitrogens is 2. The van der Waals surface area contributed by atoms with E-state index in [0.29, 0.717) is 25.2 Å². The Bertz CT molecular complexity index is 2490. The van der Waals surface area contributed by atoms with Crippen molar-refractivity contribution in [3.8, 4) is 22.3 Å². The van der Waals surface area contributed by atoms with Crippen molar-refractivity contribution < 1.29 is 19.2 Å². The van der Waals surface area contributed by atoms with E-state index < -0.39 is 18.1 Å². The number of anilines is 2. The topological polar surface area (TPSA) is 109 Å². The van der Waals surface area contributed by atoms with Crippen LogP contribution in [0.2, 0.25) is 0 Å². The fourth-order valence-corrected chi connectivity index (χ4v) is 8.76. The number of alkyl carbamates (subject to hydrolysis) is 1. The molecule has 1 unspecified atom stereocenters. The third kappa shape index (κ3) is 7.01. The SMILES string of the molecule is CC(C)CC(NC(=O)OCC1c2ccccc2-c2ccccc21)C(=O)O/N=C1\c2ccccc2-c2c1c(N1CCN(c3ccccn3)CC1)nc1ccc(Br)cc21. The molecule has 1 fully saturated rings. The summed E-state index contributed by atoms with van der Waals surface area (Å²) >= 11 is 3.68. The minimum absolute atomic E-state index is 0.0717. The first-order chi connectivity index (χ1) is 27.8. The lowest BCUT2D eigenvalue weighted by molar-refractivity contribution is -0.146. The van der Waals surface area contributed by atoms with E-state index in [4.69, 9.17) is 14.6 Å². The maximum absolute atomic E-state index is 14.0. The van der Waals surface area contributed by atoms with E-state index in [0.717, 1.165) is 84.6 Å². The number of benzene rings is 4. The van der Waals surface area contributed by atoms with Crippen LogP contribution in [0.5, 0.6) is 0 Å². The summed E-state index contributed by atoms with van der Waals surface area (Å²) in [7, 11) is 0. The van der Waals surface area contributed by atoms with Crippen LogP contribution >= 0.6 is 15.9 Å². The van der Waals surface area contributed by atoms with Crippen LogP contribution in [0.15, 0.2) is 125 Å². The number of hydrogen-bond acceptors (Lipinski definition) is 9. The summed E-state index contributed by atoms with van der Waals surface area (Å²) in [5.41, 5.74) is 9.51. The number of carbonyl (C=O) groups is 2. The summed E-state index contributed by atoms with van der Waals surface area (Å²) in [6, 6.07) is 35.5.